The highest BCUT2D eigenvalue weighted by Gasteiger charge is 2.27. The Morgan fingerprint density at radius 1 is 1.47 bits per heavy atom. The minimum absolute atomic E-state index is 0.437. The van der Waals surface area contributed by atoms with Crippen molar-refractivity contribution in [2.75, 3.05) is 32.1 Å². The van der Waals surface area contributed by atoms with Gasteiger partial charge < -0.3 is 14.9 Å². The number of anilines is 1. The van der Waals surface area contributed by atoms with Crippen LogP contribution in [0.25, 0.3) is 0 Å². The Kier molecular flexibility index (Phi) is 4.87. The standard InChI is InChI=1S/C15H23BrN2O/c1-11(19)14-9-12(16)6-7-15(14)18-8-4-5-13(18)10-17(2)3/h6-7,9,11,13,19H,4-5,8,10H2,1-3H3. The predicted molar refractivity (Wildman–Crippen MR) is 83.7 cm³/mol. The van der Waals surface area contributed by atoms with Gasteiger partial charge in [-0.05, 0) is 52.1 Å². The first-order chi connectivity index (χ1) is 8.99. The molecular formula is C15H23BrN2O. The molecule has 1 aliphatic heterocycles. The van der Waals surface area contributed by atoms with Gasteiger partial charge >= 0.3 is 0 Å². The van der Waals surface area contributed by atoms with E-state index in [0.29, 0.717) is 6.04 Å². The van der Waals surface area contributed by atoms with Crippen molar-refractivity contribution in [2.24, 2.45) is 0 Å². The van der Waals surface area contributed by atoms with Crippen LogP contribution in [-0.2, 0) is 0 Å². The SMILES string of the molecule is CC(O)c1cc(Br)ccc1N1CCCC1CN(C)C. The van der Waals surface area contributed by atoms with Gasteiger partial charge in [-0.25, -0.2) is 0 Å². The van der Waals surface area contributed by atoms with E-state index in [9.17, 15) is 5.11 Å². The molecule has 1 saturated heterocycles. The number of rotatable bonds is 4. The Balaban J connectivity index is 2.29. The fourth-order valence-corrected chi connectivity index (χ4v) is 3.26. The van der Waals surface area contributed by atoms with E-state index in [2.05, 4.69) is 52.0 Å². The summed E-state index contributed by atoms with van der Waals surface area (Å²) < 4.78 is 1.02. The number of aliphatic hydroxyl groups excluding tert-OH is 1. The number of hydrogen-bond acceptors (Lipinski definition) is 3. The van der Waals surface area contributed by atoms with E-state index < -0.39 is 6.10 Å². The Morgan fingerprint density at radius 3 is 2.84 bits per heavy atom. The van der Waals surface area contributed by atoms with Crippen LogP contribution < -0.4 is 4.90 Å². The Hall–Kier alpha value is -0.580. The summed E-state index contributed by atoms with van der Waals surface area (Å²) in [4.78, 5) is 4.69. The maximum atomic E-state index is 10.00. The third kappa shape index (κ3) is 3.50. The average molecular weight is 327 g/mol. The lowest BCUT2D eigenvalue weighted by molar-refractivity contribution is 0.199. The quantitative estimate of drug-likeness (QED) is 0.921. The van der Waals surface area contributed by atoms with Crippen molar-refractivity contribution >= 4 is 21.6 Å². The van der Waals surface area contributed by atoms with E-state index in [1.807, 2.05) is 13.0 Å². The molecular weight excluding hydrogens is 304 g/mol. The minimum Gasteiger partial charge on any atom is -0.389 e. The lowest BCUT2D eigenvalue weighted by atomic mass is 10.1. The molecule has 3 nitrogen and oxygen atoms in total. The van der Waals surface area contributed by atoms with E-state index in [0.717, 1.165) is 23.1 Å². The molecule has 1 heterocycles. The molecule has 2 rings (SSSR count). The van der Waals surface area contributed by atoms with Crippen molar-refractivity contribution in [2.45, 2.75) is 31.9 Å². The third-order valence-corrected chi connectivity index (χ3v) is 4.20. The van der Waals surface area contributed by atoms with Crippen molar-refractivity contribution in [1.29, 1.82) is 0 Å². The minimum atomic E-state index is -0.437. The highest BCUT2D eigenvalue weighted by atomic mass is 79.9. The van der Waals surface area contributed by atoms with Gasteiger partial charge in [0.2, 0.25) is 0 Å². The van der Waals surface area contributed by atoms with Crippen LogP contribution in [0.2, 0.25) is 0 Å². The van der Waals surface area contributed by atoms with Gasteiger partial charge in [0.05, 0.1) is 6.10 Å². The van der Waals surface area contributed by atoms with E-state index >= 15 is 0 Å². The maximum absolute atomic E-state index is 10.00. The maximum Gasteiger partial charge on any atom is 0.0782 e. The molecule has 19 heavy (non-hydrogen) atoms. The molecule has 1 aliphatic rings. The number of halogens is 1. The summed E-state index contributed by atoms with van der Waals surface area (Å²) in [5.74, 6) is 0. The smallest absolute Gasteiger partial charge is 0.0782 e. The van der Waals surface area contributed by atoms with Gasteiger partial charge in [0.25, 0.3) is 0 Å². The molecule has 0 spiro atoms. The monoisotopic (exact) mass is 326 g/mol. The number of benzene rings is 1. The van der Waals surface area contributed by atoms with Crippen LogP contribution in [0, 0.1) is 0 Å². The molecule has 106 valence electrons. The first-order valence-corrected chi connectivity index (χ1v) is 7.67. The van der Waals surface area contributed by atoms with Crippen LogP contribution in [0.5, 0.6) is 0 Å². The average Bonchev–Trinajstić information content (AvgIpc) is 2.76. The first-order valence-electron chi connectivity index (χ1n) is 6.88. The van der Waals surface area contributed by atoms with Gasteiger partial charge in [0, 0.05) is 34.9 Å². The second-order valence-corrected chi connectivity index (χ2v) is 6.55. The van der Waals surface area contributed by atoms with Gasteiger partial charge in [0.1, 0.15) is 0 Å². The van der Waals surface area contributed by atoms with E-state index in [1.165, 1.54) is 18.5 Å². The van der Waals surface area contributed by atoms with Crippen molar-refractivity contribution in [3.8, 4) is 0 Å². The number of nitrogens with zero attached hydrogens (tertiary/aromatic N) is 2. The van der Waals surface area contributed by atoms with Crippen molar-refractivity contribution in [1.82, 2.24) is 4.90 Å². The number of hydrogen-bond donors (Lipinski definition) is 1. The molecule has 0 saturated carbocycles. The lowest BCUT2D eigenvalue weighted by Crippen LogP contribution is -2.38. The summed E-state index contributed by atoms with van der Waals surface area (Å²) in [6.07, 6.45) is 2.02. The molecule has 0 amide bonds. The molecule has 2 unspecified atom stereocenters. The summed E-state index contributed by atoms with van der Waals surface area (Å²) in [6.45, 7) is 3.98. The molecule has 1 fully saturated rings. The second kappa shape index (κ2) is 6.25. The van der Waals surface area contributed by atoms with Crippen molar-refractivity contribution in [3.63, 3.8) is 0 Å². The highest BCUT2D eigenvalue weighted by molar-refractivity contribution is 9.10. The molecule has 1 aromatic rings. The van der Waals surface area contributed by atoms with Gasteiger partial charge in [-0.2, -0.15) is 0 Å². The predicted octanol–water partition coefficient (Wildman–Crippen LogP) is 3.03. The summed E-state index contributed by atoms with van der Waals surface area (Å²) >= 11 is 3.49. The normalized spacial score (nSPS) is 21.2. The topological polar surface area (TPSA) is 26.7 Å². The summed E-state index contributed by atoms with van der Waals surface area (Å²) in [7, 11) is 4.24. The Morgan fingerprint density at radius 2 is 2.21 bits per heavy atom. The first kappa shape index (κ1) is 14.8. The van der Waals surface area contributed by atoms with Gasteiger partial charge in [-0.1, -0.05) is 15.9 Å². The molecule has 2 atom stereocenters. The molecule has 0 aromatic heterocycles. The zero-order chi connectivity index (χ0) is 14.0. The highest BCUT2D eigenvalue weighted by Crippen LogP contribution is 2.34. The van der Waals surface area contributed by atoms with Gasteiger partial charge in [-0.3, -0.25) is 0 Å². The van der Waals surface area contributed by atoms with E-state index in [4.69, 9.17) is 0 Å². The second-order valence-electron chi connectivity index (χ2n) is 5.63. The molecule has 0 radical (unpaired) electrons. The lowest BCUT2D eigenvalue weighted by Gasteiger charge is -2.31. The Labute approximate surface area is 124 Å². The van der Waals surface area contributed by atoms with Crippen LogP contribution in [0.1, 0.15) is 31.4 Å². The largest absolute Gasteiger partial charge is 0.389 e. The summed E-state index contributed by atoms with van der Waals surface area (Å²) in [5, 5.41) is 10.00. The molecule has 1 aromatic carbocycles. The molecule has 4 heteroatoms. The van der Waals surface area contributed by atoms with Crippen LogP contribution in [0.15, 0.2) is 22.7 Å². The Bertz CT molecular complexity index is 434. The zero-order valence-electron chi connectivity index (χ0n) is 11.9. The third-order valence-electron chi connectivity index (χ3n) is 3.70. The van der Waals surface area contributed by atoms with Crippen LogP contribution in [0.4, 0.5) is 5.69 Å². The van der Waals surface area contributed by atoms with Crippen molar-refractivity contribution in [3.05, 3.63) is 28.2 Å². The fourth-order valence-electron chi connectivity index (χ4n) is 2.89. The van der Waals surface area contributed by atoms with E-state index in [1.54, 1.807) is 0 Å². The molecule has 0 bridgehead atoms. The molecule has 0 aliphatic carbocycles. The summed E-state index contributed by atoms with van der Waals surface area (Å²) in [5.41, 5.74) is 2.20. The van der Waals surface area contributed by atoms with E-state index in [-0.39, 0.29) is 0 Å². The number of aliphatic hydroxyl groups is 1. The fraction of sp³-hybridized carbons (Fsp3) is 0.600. The summed E-state index contributed by atoms with van der Waals surface area (Å²) in [6, 6.07) is 6.77. The van der Waals surface area contributed by atoms with Crippen molar-refractivity contribution < 1.29 is 5.11 Å². The van der Waals surface area contributed by atoms with Gasteiger partial charge in [0.15, 0.2) is 0 Å². The molecule has 1 N–H and O–H groups in total. The number of likely N-dealkylation sites (N-methyl/N-ethyl adjacent to an activating group) is 1. The van der Waals surface area contributed by atoms with Crippen LogP contribution in [-0.4, -0.2) is 43.2 Å². The van der Waals surface area contributed by atoms with Crippen LogP contribution >= 0.6 is 15.9 Å². The van der Waals surface area contributed by atoms with Crippen LogP contribution in [0.3, 0.4) is 0 Å². The van der Waals surface area contributed by atoms with Gasteiger partial charge in [-0.15, -0.1) is 0 Å². The zero-order valence-corrected chi connectivity index (χ0v) is 13.5.